The van der Waals surface area contributed by atoms with E-state index in [4.69, 9.17) is 17.3 Å². The quantitative estimate of drug-likeness (QED) is 0.817. The molecule has 1 aromatic carbocycles. The Balaban J connectivity index is 2.08. The van der Waals surface area contributed by atoms with Gasteiger partial charge < -0.3 is 5.73 Å². The number of halogens is 1. The third-order valence-electron chi connectivity index (χ3n) is 3.39. The van der Waals surface area contributed by atoms with Gasteiger partial charge in [0.2, 0.25) is 0 Å². The van der Waals surface area contributed by atoms with Crippen LogP contribution >= 0.6 is 11.6 Å². The van der Waals surface area contributed by atoms with Gasteiger partial charge in [-0.1, -0.05) is 30.7 Å². The van der Waals surface area contributed by atoms with E-state index in [2.05, 4.69) is 19.1 Å². The first kappa shape index (κ1) is 11.0. The Morgan fingerprint density at radius 2 is 2.33 bits per heavy atom. The van der Waals surface area contributed by atoms with Gasteiger partial charge in [-0.2, -0.15) is 0 Å². The summed E-state index contributed by atoms with van der Waals surface area (Å²) in [4.78, 5) is 0. The van der Waals surface area contributed by atoms with Crippen LogP contribution in [0.1, 0.15) is 31.7 Å². The van der Waals surface area contributed by atoms with Gasteiger partial charge in [0, 0.05) is 11.1 Å². The van der Waals surface area contributed by atoms with E-state index in [9.17, 15) is 0 Å². The fraction of sp³-hybridized carbons (Fsp3) is 0.538. The largest absolute Gasteiger partial charge is 0.328 e. The summed E-state index contributed by atoms with van der Waals surface area (Å²) in [6.45, 7) is 2.33. The summed E-state index contributed by atoms with van der Waals surface area (Å²) in [6.07, 6.45) is 4.64. The first-order chi connectivity index (χ1) is 7.07. The van der Waals surface area contributed by atoms with E-state index in [0.29, 0.717) is 11.5 Å². The van der Waals surface area contributed by atoms with Crippen LogP contribution in [0, 0.1) is 5.41 Å². The van der Waals surface area contributed by atoms with Crippen molar-refractivity contribution in [3.05, 3.63) is 34.9 Å². The normalized spacial score (nSPS) is 30.7. The molecule has 0 aliphatic heterocycles. The predicted molar refractivity (Wildman–Crippen MR) is 65.1 cm³/mol. The van der Waals surface area contributed by atoms with Gasteiger partial charge in [0.15, 0.2) is 0 Å². The molecule has 82 valence electrons. The molecule has 15 heavy (non-hydrogen) atoms. The molecule has 0 saturated heterocycles. The van der Waals surface area contributed by atoms with Crippen molar-refractivity contribution in [2.45, 2.75) is 38.6 Å². The molecule has 1 fully saturated rings. The van der Waals surface area contributed by atoms with Crippen LogP contribution in [0.5, 0.6) is 0 Å². The molecule has 0 aromatic heterocycles. The highest BCUT2D eigenvalue weighted by Crippen LogP contribution is 2.39. The van der Waals surface area contributed by atoms with E-state index < -0.39 is 0 Å². The average Bonchev–Trinajstić information content (AvgIpc) is 2.45. The van der Waals surface area contributed by atoms with Crippen molar-refractivity contribution < 1.29 is 0 Å². The molecule has 0 radical (unpaired) electrons. The summed E-state index contributed by atoms with van der Waals surface area (Å²) in [6, 6.07) is 8.57. The smallest absolute Gasteiger partial charge is 0.0408 e. The van der Waals surface area contributed by atoms with E-state index in [-0.39, 0.29) is 0 Å². The summed E-state index contributed by atoms with van der Waals surface area (Å²) in [5, 5.41) is 0.832. The second-order valence-corrected chi connectivity index (χ2v) is 5.56. The van der Waals surface area contributed by atoms with Crippen molar-refractivity contribution in [3.63, 3.8) is 0 Å². The van der Waals surface area contributed by atoms with E-state index >= 15 is 0 Å². The van der Waals surface area contributed by atoms with Gasteiger partial charge in [0.1, 0.15) is 0 Å². The maximum absolute atomic E-state index is 5.98. The minimum Gasteiger partial charge on any atom is -0.328 e. The zero-order chi connectivity index (χ0) is 10.9. The molecule has 2 heteroatoms. The van der Waals surface area contributed by atoms with Gasteiger partial charge in [-0.3, -0.25) is 0 Å². The molecule has 1 aliphatic rings. The Labute approximate surface area is 96.6 Å². The summed E-state index contributed by atoms with van der Waals surface area (Å²) < 4.78 is 0. The van der Waals surface area contributed by atoms with Crippen LogP contribution in [0.4, 0.5) is 0 Å². The molecule has 1 aliphatic carbocycles. The molecule has 1 nitrogen and oxygen atoms in total. The van der Waals surface area contributed by atoms with Gasteiger partial charge in [0.25, 0.3) is 0 Å². The number of hydrogen-bond donors (Lipinski definition) is 1. The summed E-state index contributed by atoms with van der Waals surface area (Å²) in [5.41, 5.74) is 7.68. The Bertz CT molecular complexity index is 350. The maximum atomic E-state index is 5.98. The maximum Gasteiger partial charge on any atom is 0.0408 e. The van der Waals surface area contributed by atoms with Gasteiger partial charge in [-0.25, -0.2) is 0 Å². The fourth-order valence-corrected chi connectivity index (χ4v) is 2.88. The molecule has 2 atom stereocenters. The number of rotatable bonds is 2. The molecular weight excluding hydrogens is 206 g/mol. The minimum absolute atomic E-state index is 0.379. The molecule has 0 spiro atoms. The van der Waals surface area contributed by atoms with Crippen LogP contribution in [-0.4, -0.2) is 6.04 Å². The molecule has 0 heterocycles. The van der Waals surface area contributed by atoms with Gasteiger partial charge in [-0.05, 0) is 48.8 Å². The van der Waals surface area contributed by atoms with Crippen molar-refractivity contribution in [2.75, 3.05) is 0 Å². The molecule has 0 bridgehead atoms. The van der Waals surface area contributed by atoms with Crippen molar-refractivity contribution in [1.29, 1.82) is 0 Å². The Hall–Kier alpha value is -0.530. The highest BCUT2D eigenvalue weighted by Gasteiger charge is 2.33. The van der Waals surface area contributed by atoms with Crippen LogP contribution in [-0.2, 0) is 6.42 Å². The molecule has 2 unspecified atom stereocenters. The van der Waals surface area contributed by atoms with Crippen molar-refractivity contribution in [1.82, 2.24) is 0 Å². The lowest BCUT2D eigenvalue weighted by atomic mass is 9.82. The van der Waals surface area contributed by atoms with Gasteiger partial charge >= 0.3 is 0 Å². The molecule has 2 N–H and O–H groups in total. The zero-order valence-corrected chi connectivity index (χ0v) is 9.93. The third kappa shape index (κ3) is 2.73. The zero-order valence-electron chi connectivity index (χ0n) is 9.17. The monoisotopic (exact) mass is 223 g/mol. The van der Waals surface area contributed by atoms with Crippen molar-refractivity contribution in [2.24, 2.45) is 11.1 Å². The average molecular weight is 224 g/mol. The van der Waals surface area contributed by atoms with E-state index in [1.54, 1.807) is 0 Å². The van der Waals surface area contributed by atoms with Crippen LogP contribution in [0.15, 0.2) is 24.3 Å². The van der Waals surface area contributed by atoms with Crippen LogP contribution < -0.4 is 5.73 Å². The lowest BCUT2D eigenvalue weighted by Crippen LogP contribution is -2.21. The number of hydrogen-bond acceptors (Lipinski definition) is 1. The molecule has 0 amide bonds. The van der Waals surface area contributed by atoms with Gasteiger partial charge in [-0.15, -0.1) is 0 Å². The molecular formula is C13H18ClN. The second kappa shape index (κ2) is 4.15. The number of nitrogens with two attached hydrogens (primary N) is 1. The molecule has 2 rings (SSSR count). The lowest BCUT2D eigenvalue weighted by molar-refractivity contribution is 0.329. The second-order valence-electron chi connectivity index (χ2n) is 5.12. The summed E-state index contributed by atoms with van der Waals surface area (Å²) in [5.74, 6) is 0. The SMILES string of the molecule is CC1(Cc2cccc(Cl)c2)CCC(N)C1. The van der Waals surface area contributed by atoms with Crippen molar-refractivity contribution in [3.8, 4) is 0 Å². The first-order valence-electron chi connectivity index (χ1n) is 5.57. The van der Waals surface area contributed by atoms with E-state index in [0.717, 1.165) is 24.3 Å². The first-order valence-corrected chi connectivity index (χ1v) is 5.95. The van der Waals surface area contributed by atoms with E-state index in [1.807, 2.05) is 12.1 Å². The Kier molecular flexibility index (Phi) is 3.03. The fourth-order valence-electron chi connectivity index (χ4n) is 2.67. The molecule has 1 saturated carbocycles. The lowest BCUT2D eigenvalue weighted by Gasteiger charge is -2.23. The van der Waals surface area contributed by atoms with Crippen LogP contribution in [0.3, 0.4) is 0 Å². The minimum atomic E-state index is 0.379. The van der Waals surface area contributed by atoms with E-state index in [1.165, 1.54) is 12.0 Å². The Morgan fingerprint density at radius 1 is 1.53 bits per heavy atom. The summed E-state index contributed by atoms with van der Waals surface area (Å²) in [7, 11) is 0. The predicted octanol–water partition coefficient (Wildman–Crippen LogP) is 3.40. The number of benzene rings is 1. The standard InChI is InChI=1S/C13H18ClN/c1-13(6-5-12(15)9-13)8-10-3-2-4-11(14)7-10/h2-4,7,12H,5-6,8-9,15H2,1H3. The van der Waals surface area contributed by atoms with Crippen LogP contribution in [0.25, 0.3) is 0 Å². The topological polar surface area (TPSA) is 26.0 Å². The highest BCUT2D eigenvalue weighted by atomic mass is 35.5. The Morgan fingerprint density at radius 3 is 2.93 bits per heavy atom. The van der Waals surface area contributed by atoms with Crippen LogP contribution in [0.2, 0.25) is 5.02 Å². The summed E-state index contributed by atoms with van der Waals surface area (Å²) >= 11 is 5.98. The van der Waals surface area contributed by atoms with Crippen molar-refractivity contribution >= 4 is 11.6 Å². The highest BCUT2D eigenvalue weighted by molar-refractivity contribution is 6.30. The molecule has 1 aromatic rings. The van der Waals surface area contributed by atoms with Gasteiger partial charge in [0.05, 0.1) is 0 Å². The third-order valence-corrected chi connectivity index (χ3v) is 3.63.